The molecule has 0 saturated carbocycles. The molecule has 7 heteroatoms. The van der Waals surface area contributed by atoms with Gasteiger partial charge >= 0.3 is 6.18 Å². The molecule has 1 heterocycles. The molecule has 0 aliphatic heterocycles. The molecule has 1 amide bonds. The molecule has 0 bridgehead atoms. The molecule has 0 unspecified atom stereocenters. The van der Waals surface area contributed by atoms with Gasteiger partial charge in [-0.15, -0.1) is 11.3 Å². The SMILES string of the molecule is O=C(CCc1nc2ccccc2s1)NCc1cccc(C(F)(F)F)c1. The van der Waals surface area contributed by atoms with Gasteiger partial charge in [0, 0.05) is 19.4 Å². The van der Waals surface area contributed by atoms with Gasteiger partial charge in [-0.2, -0.15) is 13.2 Å². The van der Waals surface area contributed by atoms with Crippen molar-refractivity contribution in [2.75, 3.05) is 0 Å². The molecule has 0 spiro atoms. The first-order valence-corrected chi connectivity index (χ1v) is 8.51. The minimum atomic E-state index is -4.38. The first kappa shape index (κ1) is 17.4. The highest BCUT2D eigenvalue weighted by Crippen LogP contribution is 2.29. The molecule has 0 aliphatic carbocycles. The van der Waals surface area contributed by atoms with E-state index >= 15 is 0 Å². The van der Waals surface area contributed by atoms with E-state index in [-0.39, 0.29) is 18.9 Å². The standard InChI is InChI=1S/C18H15F3N2OS/c19-18(20,21)13-5-3-4-12(10-13)11-22-16(24)8-9-17-23-14-6-1-2-7-15(14)25-17/h1-7,10H,8-9,11H2,(H,22,24). The Labute approximate surface area is 146 Å². The highest BCUT2D eigenvalue weighted by Gasteiger charge is 2.30. The van der Waals surface area contributed by atoms with Gasteiger partial charge in [0.2, 0.25) is 5.91 Å². The van der Waals surface area contributed by atoms with Gasteiger partial charge in [0.05, 0.1) is 20.8 Å². The van der Waals surface area contributed by atoms with Crippen LogP contribution in [0.1, 0.15) is 22.6 Å². The van der Waals surface area contributed by atoms with Gasteiger partial charge in [0.15, 0.2) is 0 Å². The average Bonchev–Trinajstić information content (AvgIpc) is 3.00. The predicted octanol–water partition coefficient (Wildman–Crippen LogP) is 4.56. The molecule has 25 heavy (non-hydrogen) atoms. The van der Waals surface area contributed by atoms with Gasteiger partial charge in [-0.1, -0.05) is 24.3 Å². The van der Waals surface area contributed by atoms with Crippen LogP contribution in [-0.2, 0) is 23.9 Å². The first-order valence-electron chi connectivity index (χ1n) is 7.69. The maximum atomic E-state index is 12.7. The van der Waals surface area contributed by atoms with Crippen molar-refractivity contribution in [3.63, 3.8) is 0 Å². The molecule has 3 rings (SSSR count). The molecule has 0 atom stereocenters. The third-order valence-electron chi connectivity index (χ3n) is 3.65. The van der Waals surface area contributed by atoms with Crippen LogP contribution in [0.5, 0.6) is 0 Å². The second kappa shape index (κ2) is 7.23. The van der Waals surface area contributed by atoms with Crippen molar-refractivity contribution in [1.82, 2.24) is 10.3 Å². The number of para-hydroxylation sites is 1. The van der Waals surface area contributed by atoms with E-state index in [0.29, 0.717) is 12.0 Å². The summed E-state index contributed by atoms with van der Waals surface area (Å²) in [6.45, 7) is 0.0720. The summed E-state index contributed by atoms with van der Waals surface area (Å²) in [7, 11) is 0. The summed E-state index contributed by atoms with van der Waals surface area (Å²) < 4.78 is 39.1. The second-order valence-electron chi connectivity index (χ2n) is 5.55. The molecule has 0 aliphatic rings. The molecule has 130 valence electrons. The lowest BCUT2D eigenvalue weighted by molar-refractivity contribution is -0.137. The number of hydrogen-bond acceptors (Lipinski definition) is 3. The minimum absolute atomic E-state index is 0.0720. The molecular weight excluding hydrogens is 349 g/mol. The van der Waals surface area contributed by atoms with E-state index in [0.717, 1.165) is 27.4 Å². The molecule has 1 aromatic heterocycles. The fourth-order valence-electron chi connectivity index (χ4n) is 2.39. The number of alkyl halides is 3. The summed E-state index contributed by atoms with van der Waals surface area (Å²) in [4.78, 5) is 16.4. The molecule has 3 aromatic rings. The fraction of sp³-hybridized carbons (Fsp3) is 0.222. The van der Waals surface area contributed by atoms with Crippen LogP contribution in [0.25, 0.3) is 10.2 Å². The maximum Gasteiger partial charge on any atom is 0.416 e. The predicted molar refractivity (Wildman–Crippen MR) is 91.2 cm³/mol. The van der Waals surface area contributed by atoms with Crippen molar-refractivity contribution in [3.8, 4) is 0 Å². The number of carbonyl (C=O) groups excluding carboxylic acids is 1. The number of halogens is 3. The maximum absolute atomic E-state index is 12.7. The minimum Gasteiger partial charge on any atom is -0.352 e. The molecule has 2 aromatic carbocycles. The summed E-state index contributed by atoms with van der Waals surface area (Å²) in [5, 5.41) is 3.52. The average molecular weight is 364 g/mol. The zero-order valence-corrected chi connectivity index (χ0v) is 14.0. The highest BCUT2D eigenvalue weighted by molar-refractivity contribution is 7.18. The smallest absolute Gasteiger partial charge is 0.352 e. The Balaban J connectivity index is 1.53. The number of aromatic nitrogens is 1. The van der Waals surface area contributed by atoms with Crippen LogP contribution in [0.15, 0.2) is 48.5 Å². The Morgan fingerprint density at radius 2 is 1.92 bits per heavy atom. The van der Waals surface area contributed by atoms with E-state index in [2.05, 4.69) is 10.3 Å². The van der Waals surface area contributed by atoms with Crippen molar-refractivity contribution >= 4 is 27.5 Å². The van der Waals surface area contributed by atoms with Crippen LogP contribution in [0, 0.1) is 0 Å². The monoisotopic (exact) mass is 364 g/mol. The first-order chi connectivity index (χ1) is 11.9. The number of nitrogens with zero attached hydrogens (tertiary/aromatic N) is 1. The van der Waals surface area contributed by atoms with Crippen molar-refractivity contribution in [2.24, 2.45) is 0 Å². The van der Waals surface area contributed by atoms with E-state index in [4.69, 9.17) is 0 Å². The summed E-state index contributed by atoms with van der Waals surface area (Å²) in [5.74, 6) is -0.211. The quantitative estimate of drug-likeness (QED) is 0.721. The lowest BCUT2D eigenvalue weighted by Gasteiger charge is -2.09. The van der Waals surface area contributed by atoms with Gasteiger partial charge in [-0.05, 0) is 29.8 Å². The largest absolute Gasteiger partial charge is 0.416 e. The molecule has 1 N–H and O–H groups in total. The molecule has 0 radical (unpaired) electrons. The Bertz CT molecular complexity index is 856. The van der Waals surface area contributed by atoms with E-state index in [1.54, 1.807) is 17.4 Å². The number of benzene rings is 2. The normalized spacial score (nSPS) is 11.6. The number of carbonyl (C=O) groups is 1. The third-order valence-corrected chi connectivity index (χ3v) is 4.74. The summed E-state index contributed by atoms with van der Waals surface area (Å²) in [5.41, 5.74) is 0.615. The van der Waals surface area contributed by atoms with Gasteiger partial charge in [0.25, 0.3) is 0 Å². The fourth-order valence-corrected chi connectivity index (χ4v) is 3.36. The summed E-state index contributed by atoms with van der Waals surface area (Å²) >= 11 is 1.54. The Morgan fingerprint density at radius 1 is 1.12 bits per heavy atom. The lowest BCUT2D eigenvalue weighted by atomic mass is 10.1. The van der Waals surface area contributed by atoms with Crippen molar-refractivity contribution in [2.45, 2.75) is 25.6 Å². The van der Waals surface area contributed by atoms with Crippen molar-refractivity contribution < 1.29 is 18.0 Å². The Morgan fingerprint density at radius 3 is 2.68 bits per heavy atom. The number of thiazole rings is 1. The zero-order valence-electron chi connectivity index (χ0n) is 13.1. The van der Waals surface area contributed by atoms with Crippen molar-refractivity contribution in [1.29, 1.82) is 0 Å². The van der Waals surface area contributed by atoms with Gasteiger partial charge in [-0.25, -0.2) is 4.98 Å². The van der Waals surface area contributed by atoms with E-state index in [1.165, 1.54) is 6.07 Å². The van der Waals surface area contributed by atoms with Crippen LogP contribution in [0.3, 0.4) is 0 Å². The molecular formula is C18H15F3N2OS. The molecule has 0 fully saturated rings. The van der Waals surface area contributed by atoms with Crippen molar-refractivity contribution in [3.05, 3.63) is 64.7 Å². The number of amides is 1. The van der Waals surface area contributed by atoms with E-state index in [1.807, 2.05) is 24.3 Å². The van der Waals surface area contributed by atoms with Gasteiger partial charge in [-0.3, -0.25) is 4.79 Å². The highest BCUT2D eigenvalue weighted by atomic mass is 32.1. The van der Waals surface area contributed by atoms with E-state index in [9.17, 15) is 18.0 Å². The number of fused-ring (bicyclic) bond motifs is 1. The summed E-state index contributed by atoms with van der Waals surface area (Å²) in [6.07, 6.45) is -3.63. The van der Waals surface area contributed by atoms with E-state index < -0.39 is 11.7 Å². The van der Waals surface area contributed by atoms with Crippen LogP contribution in [0.2, 0.25) is 0 Å². The van der Waals surface area contributed by atoms with Crippen LogP contribution < -0.4 is 5.32 Å². The number of hydrogen-bond donors (Lipinski definition) is 1. The lowest BCUT2D eigenvalue weighted by Crippen LogP contribution is -2.23. The second-order valence-corrected chi connectivity index (χ2v) is 6.67. The number of nitrogens with one attached hydrogen (secondary N) is 1. The van der Waals surface area contributed by atoms with Crippen LogP contribution in [-0.4, -0.2) is 10.9 Å². The molecule has 3 nitrogen and oxygen atoms in total. The van der Waals surface area contributed by atoms with Crippen LogP contribution >= 0.6 is 11.3 Å². The van der Waals surface area contributed by atoms with Gasteiger partial charge in [0.1, 0.15) is 0 Å². The number of aryl methyl sites for hydroxylation is 1. The number of rotatable bonds is 5. The topological polar surface area (TPSA) is 42.0 Å². The van der Waals surface area contributed by atoms with Gasteiger partial charge < -0.3 is 5.32 Å². The zero-order chi connectivity index (χ0) is 17.9. The molecule has 0 saturated heterocycles. The third kappa shape index (κ3) is 4.57. The Hall–Kier alpha value is -2.41. The Kier molecular flexibility index (Phi) is 5.03. The summed E-state index contributed by atoms with van der Waals surface area (Å²) in [6, 6.07) is 12.7. The van der Waals surface area contributed by atoms with Crippen LogP contribution in [0.4, 0.5) is 13.2 Å².